The number of halogens is 1. The van der Waals surface area contributed by atoms with Gasteiger partial charge < -0.3 is 4.55 Å². The molecule has 0 amide bonds. The van der Waals surface area contributed by atoms with Gasteiger partial charge in [-0.1, -0.05) is 17.7 Å². The maximum Gasteiger partial charge on any atom is 0.174 e. The summed E-state index contributed by atoms with van der Waals surface area (Å²) in [5.41, 5.74) is 1.08. The Hall–Kier alpha value is -1.09. The number of hydrogen-bond acceptors (Lipinski definition) is 3. The lowest BCUT2D eigenvalue weighted by Crippen LogP contribution is -2.35. The van der Waals surface area contributed by atoms with Gasteiger partial charge in [-0.15, -0.1) is 4.31 Å². The minimum absolute atomic E-state index is 0.0682. The van der Waals surface area contributed by atoms with Gasteiger partial charge in [-0.2, -0.15) is 5.26 Å². The van der Waals surface area contributed by atoms with Crippen molar-refractivity contribution in [2.24, 2.45) is 0 Å². The molecule has 1 aromatic rings. The lowest BCUT2D eigenvalue weighted by atomic mass is 10.2. The Morgan fingerprint density at radius 2 is 2.12 bits per heavy atom. The van der Waals surface area contributed by atoms with Gasteiger partial charge in [0.2, 0.25) is 0 Å². The van der Waals surface area contributed by atoms with E-state index in [1.54, 1.807) is 12.1 Å². The number of nitriles is 1. The molecule has 3 atom stereocenters. The molecule has 0 spiro atoms. The van der Waals surface area contributed by atoms with Crippen molar-refractivity contribution in [3.8, 4) is 6.07 Å². The largest absolute Gasteiger partial charge is 0.593 e. The maximum absolute atomic E-state index is 13.2. The zero-order valence-corrected chi connectivity index (χ0v) is 10.3. The molecule has 0 bridgehead atoms. The second-order valence-electron chi connectivity index (χ2n) is 4.14. The van der Waals surface area contributed by atoms with Crippen molar-refractivity contribution in [1.29, 1.82) is 5.26 Å². The van der Waals surface area contributed by atoms with Crippen LogP contribution in [0.1, 0.15) is 12.0 Å². The highest BCUT2D eigenvalue weighted by molar-refractivity contribution is 7.89. The molecule has 90 valence electrons. The summed E-state index contributed by atoms with van der Waals surface area (Å²) in [5, 5.41) is 8.90. The van der Waals surface area contributed by atoms with Crippen molar-refractivity contribution >= 4 is 11.4 Å². The second-order valence-corrected chi connectivity index (χ2v) is 5.58. The van der Waals surface area contributed by atoms with E-state index in [0.29, 0.717) is 4.90 Å². The van der Waals surface area contributed by atoms with E-state index in [4.69, 9.17) is 5.26 Å². The van der Waals surface area contributed by atoms with Gasteiger partial charge in [0, 0.05) is 6.42 Å². The van der Waals surface area contributed by atoms with Crippen LogP contribution in [0.2, 0.25) is 0 Å². The van der Waals surface area contributed by atoms with Crippen LogP contribution in [0.25, 0.3) is 0 Å². The van der Waals surface area contributed by atoms with Gasteiger partial charge >= 0.3 is 0 Å². The van der Waals surface area contributed by atoms with Gasteiger partial charge in [-0.3, -0.25) is 0 Å². The van der Waals surface area contributed by atoms with E-state index in [9.17, 15) is 8.94 Å². The molecule has 0 saturated carbocycles. The molecule has 0 N–H and O–H groups in total. The Labute approximate surface area is 103 Å². The van der Waals surface area contributed by atoms with Crippen molar-refractivity contribution in [3.05, 3.63) is 29.8 Å². The van der Waals surface area contributed by atoms with E-state index in [2.05, 4.69) is 0 Å². The van der Waals surface area contributed by atoms with Crippen LogP contribution in [-0.2, 0) is 11.4 Å². The van der Waals surface area contributed by atoms with Crippen LogP contribution >= 0.6 is 0 Å². The monoisotopic (exact) mass is 252 g/mol. The normalized spacial score (nSPS) is 26.7. The fraction of sp³-hybridized carbons (Fsp3) is 0.417. The Bertz CT molecular complexity index is 431. The first-order valence-corrected chi connectivity index (χ1v) is 6.51. The van der Waals surface area contributed by atoms with Crippen LogP contribution in [0.15, 0.2) is 29.2 Å². The Morgan fingerprint density at radius 1 is 1.47 bits per heavy atom. The third kappa shape index (κ3) is 2.60. The van der Waals surface area contributed by atoms with E-state index >= 15 is 0 Å². The molecule has 0 radical (unpaired) electrons. The van der Waals surface area contributed by atoms with Crippen LogP contribution in [0.4, 0.5) is 4.39 Å². The highest BCUT2D eigenvalue weighted by atomic mass is 32.2. The molecule has 1 heterocycles. The smallest absolute Gasteiger partial charge is 0.174 e. The minimum atomic E-state index is -1.45. The summed E-state index contributed by atoms with van der Waals surface area (Å²) < 4.78 is 26.8. The molecule has 0 aliphatic carbocycles. The zero-order chi connectivity index (χ0) is 12.4. The first-order chi connectivity index (χ1) is 8.11. The molecule has 1 aliphatic rings. The fourth-order valence-corrected chi connectivity index (χ4v) is 3.15. The molecule has 1 aromatic carbocycles. The van der Waals surface area contributed by atoms with Crippen LogP contribution in [-0.4, -0.2) is 27.6 Å². The van der Waals surface area contributed by atoms with Crippen molar-refractivity contribution in [2.45, 2.75) is 30.5 Å². The lowest BCUT2D eigenvalue weighted by molar-refractivity contribution is 0.343. The maximum atomic E-state index is 13.2. The Kier molecular flexibility index (Phi) is 3.67. The van der Waals surface area contributed by atoms with Crippen molar-refractivity contribution < 1.29 is 8.94 Å². The first kappa shape index (κ1) is 12.4. The third-order valence-electron chi connectivity index (χ3n) is 2.79. The molecule has 17 heavy (non-hydrogen) atoms. The molecule has 5 heteroatoms. The summed E-state index contributed by atoms with van der Waals surface area (Å²) in [6.07, 6.45) is -0.914. The topological polar surface area (TPSA) is 50.1 Å². The van der Waals surface area contributed by atoms with Crippen LogP contribution < -0.4 is 0 Å². The van der Waals surface area contributed by atoms with Gasteiger partial charge in [0.05, 0.1) is 24.0 Å². The van der Waals surface area contributed by atoms with E-state index in [1.807, 2.05) is 25.1 Å². The van der Waals surface area contributed by atoms with E-state index in [1.165, 1.54) is 4.31 Å². The first-order valence-electron chi connectivity index (χ1n) is 5.40. The molecule has 1 saturated heterocycles. The van der Waals surface area contributed by atoms with Gasteiger partial charge in [-0.05, 0) is 19.1 Å². The standard InChI is InChI=1S/C12H13FN2OS/c1-9-2-4-12(5-3-9)17(16)15-8-10(13)6-11(15)7-14/h2-5,10-11H,6,8H2,1H3/t10-,11-,17?/m1/s1. The Balaban J connectivity index is 2.17. The predicted octanol–water partition coefficient (Wildman–Crippen LogP) is 1.95. The zero-order valence-electron chi connectivity index (χ0n) is 9.47. The molecule has 1 aliphatic heterocycles. The van der Waals surface area contributed by atoms with Gasteiger partial charge in [0.1, 0.15) is 12.2 Å². The fourth-order valence-electron chi connectivity index (χ4n) is 1.85. The second kappa shape index (κ2) is 5.05. The SMILES string of the molecule is Cc1ccc([S+]([O-])N2C[C@H](F)C[C@@H]2C#N)cc1. The lowest BCUT2D eigenvalue weighted by Gasteiger charge is -2.21. The van der Waals surface area contributed by atoms with Gasteiger partial charge in [-0.25, -0.2) is 4.39 Å². The van der Waals surface area contributed by atoms with E-state index < -0.39 is 23.6 Å². The molecular weight excluding hydrogens is 239 g/mol. The summed E-state index contributed by atoms with van der Waals surface area (Å²) in [6, 6.07) is 8.64. The summed E-state index contributed by atoms with van der Waals surface area (Å²) >= 11 is -1.45. The number of aryl methyl sites for hydroxylation is 1. The molecule has 3 nitrogen and oxygen atoms in total. The molecular formula is C12H13FN2OS. The van der Waals surface area contributed by atoms with Crippen molar-refractivity contribution in [3.63, 3.8) is 0 Å². The highest BCUT2D eigenvalue weighted by Crippen LogP contribution is 2.27. The average Bonchev–Trinajstić information content (AvgIpc) is 2.70. The number of nitrogens with zero attached hydrogens (tertiary/aromatic N) is 2. The van der Waals surface area contributed by atoms with E-state index in [0.717, 1.165) is 5.56 Å². The van der Waals surface area contributed by atoms with Gasteiger partial charge in [0.15, 0.2) is 4.90 Å². The van der Waals surface area contributed by atoms with Crippen molar-refractivity contribution in [1.82, 2.24) is 4.31 Å². The third-order valence-corrected chi connectivity index (χ3v) is 4.29. The van der Waals surface area contributed by atoms with Crippen LogP contribution in [0.3, 0.4) is 0 Å². The molecule has 1 unspecified atom stereocenters. The number of benzene rings is 1. The van der Waals surface area contributed by atoms with Gasteiger partial charge in [0.25, 0.3) is 0 Å². The van der Waals surface area contributed by atoms with Crippen molar-refractivity contribution in [2.75, 3.05) is 6.54 Å². The summed E-state index contributed by atoms with van der Waals surface area (Å²) in [5.74, 6) is 0. The summed E-state index contributed by atoms with van der Waals surface area (Å²) in [4.78, 5) is 0.616. The average molecular weight is 252 g/mol. The minimum Gasteiger partial charge on any atom is -0.593 e. The molecule has 0 aromatic heterocycles. The number of rotatable bonds is 2. The molecule has 2 rings (SSSR count). The van der Waals surface area contributed by atoms with Crippen LogP contribution in [0, 0.1) is 18.3 Å². The molecule has 1 fully saturated rings. The summed E-state index contributed by atoms with van der Waals surface area (Å²) in [6.45, 7) is 2.01. The predicted molar refractivity (Wildman–Crippen MR) is 63.2 cm³/mol. The Morgan fingerprint density at radius 3 is 2.71 bits per heavy atom. The highest BCUT2D eigenvalue weighted by Gasteiger charge is 2.40. The summed E-state index contributed by atoms with van der Waals surface area (Å²) in [7, 11) is 0. The quantitative estimate of drug-likeness (QED) is 0.756. The number of alkyl halides is 1. The van der Waals surface area contributed by atoms with Crippen LogP contribution in [0.5, 0.6) is 0 Å². The number of hydrogen-bond donors (Lipinski definition) is 0. The van der Waals surface area contributed by atoms with E-state index in [-0.39, 0.29) is 13.0 Å².